The molecule has 110 valence electrons. The van der Waals surface area contributed by atoms with Gasteiger partial charge in [0.1, 0.15) is 5.60 Å². The van der Waals surface area contributed by atoms with Crippen LogP contribution in [0.5, 0.6) is 0 Å². The minimum absolute atomic E-state index is 0.235. The molecule has 1 saturated heterocycles. The van der Waals surface area contributed by atoms with Gasteiger partial charge in [0.2, 0.25) is 0 Å². The molecule has 1 amide bonds. The van der Waals surface area contributed by atoms with E-state index in [0.29, 0.717) is 26.1 Å². The number of esters is 1. The standard InChI is InChI=1S/C13H24N2O4/c1-12(2,3)19-11(17)15-6-5-13(8-14,9-15)7-10(16)18-4/h5-9,14H2,1-4H3. The van der Waals surface area contributed by atoms with Gasteiger partial charge in [-0.05, 0) is 27.2 Å². The minimum Gasteiger partial charge on any atom is -0.469 e. The highest BCUT2D eigenvalue weighted by Crippen LogP contribution is 2.34. The molecule has 2 N–H and O–H groups in total. The third-order valence-corrected chi connectivity index (χ3v) is 3.27. The van der Waals surface area contributed by atoms with E-state index in [2.05, 4.69) is 4.74 Å². The maximum absolute atomic E-state index is 12.0. The zero-order valence-electron chi connectivity index (χ0n) is 12.2. The van der Waals surface area contributed by atoms with E-state index in [1.54, 1.807) is 4.90 Å². The molecule has 19 heavy (non-hydrogen) atoms. The Labute approximate surface area is 114 Å². The number of hydrogen-bond acceptors (Lipinski definition) is 5. The molecule has 1 heterocycles. The maximum atomic E-state index is 12.0. The van der Waals surface area contributed by atoms with Crippen molar-refractivity contribution in [3.05, 3.63) is 0 Å². The molecule has 0 saturated carbocycles. The summed E-state index contributed by atoms with van der Waals surface area (Å²) >= 11 is 0. The van der Waals surface area contributed by atoms with Gasteiger partial charge in [-0.3, -0.25) is 4.79 Å². The molecule has 1 rings (SSSR count). The minimum atomic E-state index is -0.520. The summed E-state index contributed by atoms with van der Waals surface area (Å²) in [5, 5.41) is 0. The first-order valence-corrected chi connectivity index (χ1v) is 6.46. The zero-order valence-corrected chi connectivity index (χ0v) is 12.2. The van der Waals surface area contributed by atoms with Gasteiger partial charge >= 0.3 is 12.1 Å². The van der Waals surface area contributed by atoms with Gasteiger partial charge < -0.3 is 20.1 Å². The monoisotopic (exact) mass is 272 g/mol. The van der Waals surface area contributed by atoms with Gasteiger partial charge in [-0.15, -0.1) is 0 Å². The predicted molar refractivity (Wildman–Crippen MR) is 70.5 cm³/mol. The zero-order chi connectivity index (χ0) is 14.7. The molecular formula is C13H24N2O4. The summed E-state index contributed by atoms with van der Waals surface area (Å²) in [6, 6.07) is 0. The fourth-order valence-corrected chi connectivity index (χ4v) is 2.18. The largest absolute Gasteiger partial charge is 0.469 e. The lowest BCUT2D eigenvalue weighted by molar-refractivity contribution is -0.143. The van der Waals surface area contributed by atoms with Gasteiger partial charge in [0.05, 0.1) is 13.5 Å². The Balaban J connectivity index is 2.64. The van der Waals surface area contributed by atoms with Crippen LogP contribution in [0.3, 0.4) is 0 Å². The highest BCUT2D eigenvalue weighted by atomic mass is 16.6. The van der Waals surface area contributed by atoms with Crippen LogP contribution in [0.2, 0.25) is 0 Å². The van der Waals surface area contributed by atoms with E-state index in [1.165, 1.54) is 7.11 Å². The van der Waals surface area contributed by atoms with Crippen molar-refractivity contribution in [2.75, 3.05) is 26.7 Å². The van der Waals surface area contributed by atoms with Crippen LogP contribution in [0.4, 0.5) is 4.79 Å². The van der Waals surface area contributed by atoms with Crippen LogP contribution in [0.1, 0.15) is 33.6 Å². The van der Waals surface area contributed by atoms with E-state index < -0.39 is 5.60 Å². The number of rotatable bonds is 3. The summed E-state index contributed by atoms with van der Waals surface area (Å²) in [4.78, 5) is 25.0. The molecule has 1 aliphatic heterocycles. The third kappa shape index (κ3) is 4.38. The summed E-state index contributed by atoms with van der Waals surface area (Å²) in [7, 11) is 1.35. The van der Waals surface area contributed by atoms with Gasteiger partial charge in [0.15, 0.2) is 0 Å². The Bertz CT molecular complexity index is 351. The highest BCUT2D eigenvalue weighted by molar-refractivity contribution is 5.71. The fourth-order valence-electron chi connectivity index (χ4n) is 2.18. The first kappa shape index (κ1) is 15.8. The number of nitrogens with zero attached hydrogens (tertiary/aromatic N) is 1. The molecule has 6 heteroatoms. The van der Waals surface area contributed by atoms with Gasteiger partial charge in [0, 0.05) is 25.0 Å². The van der Waals surface area contributed by atoms with Crippen LogP contribution < -0.4 is 5.73 Å². The molecule has 0 radical (unpaired) electrons. The SMILES string of the molecule is COC(=O)CC1(CN)CCN(C(=O)OC(C)(C)C)C1. The van der Waals surface area contributed by atoms with Crippen molar-refractivity contribution in [1.82, 2.24) is 4.90 Å². The van der Waals surface area contributed by atoms with Crippen molar-refractivity contribution in [2.45, 2.75) is 39.2 Å². The van der Waals surface area contributed by atoms with Crippen molar-refractivity contribution in [3.63, 3.8) is 0 Å². The van der Waals surface area contributed by atoms with E-state index >= 15 is 0 Å². The number of likely N-dealkylation sites (tertiary alicyclic amines) is 1. The molecular weight excluding hydrogens is 248 g/mol. The van der Waals surface area contributed by atoms with Crippen molar-refractivity contribution in [3.8, 4) is 0 Å². The lowest BCUT2D eigenvalue weighted by Crippen LogP contribution is -2.40. The molecule has 0 spiro atoms. The fraction of sp³-hybridized carbons (Fsp3) is 0.846. The number of methoxy groups -OCH3 is 1. The molecule has 0 aromatic heterocycles. The molecule has 0 aromatic carbocycles. The predicted octanol–water partition coefficient (Wildman–Crippen LogP) is 1.14. The number of carbonyl (C=O) groups is 2. The second-order valence-electron chi connectivity index (χ2n) is 6.11. The smallest absolute Gasteiger partial charge is 0.410 e. The number of ether oxygens (including phenoxy) is 2. The number of carbonyl (C=O) groups excluding carboxylic acids is 2. The summed E-state index contributed by atoms with van der Waals surface area (Å²) in [5.41, 5.74) is 4.87. The molecule has 1 aliphatic rings. The van der Waals surface area contributed by atoms with E-state index in [9.17, 15) is 9.59 Å². The average Bonchev–Trinajstić information content (AvgIpc) is 2.72. The number of hydrogen-bond donors (Lipinski definition) is 1. The molecule has 0 bridgehead atoms. The van der Waals surface area contributed by atoms with Gasteiger partial charge in [-0.25, -0.2) is 4.79 Å². The van der Waals surface area contributed by atoms with Crippen LogP contribution in [0, 0.1) is 5.41 Å². The summed E-state index contributed by atoms with van der Waals surface area (Å²) < 4.78 is 10.0. The second-order valence-corrected chi connectivity index (χ2v) is 6.11. The van der Waals surface area contributed by atoms with E-state index in [1.807, 2.05) is 20.8 Å². The summed E-state index contributed by atoms with van der Waals surface area (Å²) in [5.74, 6) is -0.295. The molecule has 1 atom stereocenters. The normalized spacial score (nSPS) is 23.3. The summed E-state index contributed by atoms with van der Waals surface area (Å²) in [6.45, 7) is 6.82. The van der Waals surface area contributed by atoms with Crippen LogP contribution in [0.15, 0.2) is 0 Å². The Morgan fingerprint density at radius 3 is 2.47 bits per heavy atom. The third-order valence-electron chi connectivity index (χ3n) is 3.27. The first-order valence-electron chi connectivity index (χ1n) is 6.46. The Morgan fingerprint density at radius 2 is 2.00 bits per heavy atom. The van der Waals surface area contributed by atoms with Crippen LogP contribution in [0.25, 0.3) is 0 Å². The highest BCUT2D eigenvalue weighted by Gasteiger charge is 2.42. The molecule has 0 aliphatic carbocycles. The van der Waals surface area contributed by atoms with Gasteiger partial charge in [0.25, 0.3) is 0 Å². The van der Waals surface area contributed by atoms with Crippen LogP contribution in [-0.4, -0.2) is 49.3 Å². The number of amides is 1. The van der Waals surface area contributed by atoms with Crippen molar-refractivity contribution in [1.29, 1.82) is 0 Å². The van der Waals surface area contributed by atoms with Gasteiger partial charge in [-0.2, -0.15) is 0 Å². The van der Waals surface area contributed by atoms with Crippen molar-refractivity contribution >= 4 is 12.1 Å². The van der Waals surface area contributed by atoms with Crippen LogP contribution >= 0.6 is 0 Å². The topological polar surface area (TPSA) is 81.9 Å². The van der Waals surface area contributed by atoms with E-state index in [0.717, 1.165) is 0 Å². The van der Waals surface area contributed by atoms with Crippen molar-refractivity contribution < 1.29 is 19.1 Å². The van der Waals surface area contributed by atoms with E-state index in [-0.39, 0.29) is 23.9 Å². The molecule has 1 unspecified atom stereocenters. The molecule has 6 nitrogen and oxygen atoms in total. The maximum Gasteiger partial charge on any atom is 0.410 e. The molecule has 0 aromatic rings. The Hall–Kier alpha value is -1.30. The Morgan fingerprint density at radius 1 is 1.37 bits per heavy atom. The quantitative estimate of drug-likeness (QED) is 0.779. The van der Waals surface area contributed by atoms with Crippen molar-refractivity contribution in [2.24, 2.45) is 11.1 Å². The molecule has 1 fully saturated rings. The number of nitrogens with two attached hydrogens (primary N) is 1. The van der Waals surface area contributed by atoms with E-state index in [4.69, 9.17) is 10.5 Å². The average molecular weight is 272 g/mol. The summed E-state index contributed by atoms with van der Waals surface area (Å²) in [6.07, 6.45) is 0.574. The Kier molecular flexibility index (Phi) is 4.79. The lowest BCUT2D eigenvalue weighted by atomic mass is 9.84. The lowest BCUT2D eigenvalue weighted by Gasteiger charge is -2.28. The van der Waals surface area contributed by atoms with Crippen LogP contribution in [-0.2, 0) is 14.3 Å². The van der Waals surface area contributed by atoms with Gasteiger partial charge in [-0.1, -0.05) is 0 Å². The first-order chi connectivity index (χ1) is 8.71. The second kappa shape index (κ2) is 5.77.